The van der Waals surface area contributed by atoms with E-state index in [-0.39, 0.29) is 18.5 Å². The Hall–Kier alpha value is -0.560. The highest BCUT2D eigenvalue weighted by Gasteiger charge is 2.36. The topological polar surface area (TPSA) is 36.9 Å². The van der Waals surface area contributed by atoms with Crippen LogP contribution >= 0.6 is 0 Å². The standard InChI is InChI=1S/C17H26F2O4/c18-15(19)7-4-12-2-5-13(6-3-12)16-22-10-14(11-23-16)17-20-8-1-9-21-17/h7,12-14,16-17H,1-6,8-11H2. The molecule has 3 aliphatic rings. The fourth-order valence-electron chi connectivity index (χ4n) is 3.69. The van der Waals surface area contributed by atoms with Gasteiger partial charge in [-0.15, -0.1) is 0 Å². The Kier molecular flexibility index (Phi) is 6.39. The zero-order valence-electron chi connectivity index (χ0n) is 13.4. The average molecular weight is 332 g/mol. The van der Waals surface area contributed by atoms with E-state index in [9.17, 15) is 8.78 Å². The second-order valence-corrected chi connectivity index (χ2v) is 6.77. The molecule has 0 unspecified atom stereocenters. The minimum atomic E-state index is -1.57. The molecule has 0 aromatic heterocycles. The molecule has 0 spiro atoms. The molecule has 4 nitrogen and oxygen atoms in total. The first-order valence-corrected chi connectivity index (χ1v) is 8.70. The Labute approximate surface area is 136 Å². The van der Waals surface area contributed by atoms with Gasteiger partial charge in [-0.3, -0.25) is 0 Å². The van der Waals surface area contributed by atoms with Crippen molar-refractivity contribution in [1.29, 1.82) is 0 Å². The van der Waals surface area contributed by atoms with E-state index in [1.165, 1.54) is 0 Å². The molecule has 0 amide bonds. The summed E-state index contributed by atoms with van der Waals surface area (Å²) in [5.74, 6) is 0.883. The second-order valence-electron chi connectivity index (χ2n) is 6.77. The summed E-state index contributed by atoms with van der Waals surface area (Å²) in [4.78, 5) is 0. The van der Waals surface area contributed by atoms with Crippen molar-refractivity contribution in [2.45, 2.75) is 51.1 Å². The fourth-order valence-corrected chi connectivity index (χ4v) is 3.69. The van der Waals surface area contributed by atoms with E-state index in [0.717, 1.165) is 51.4 Å². The summed E-state index contributed by atoms with van der Waals surface area (Å²) >= 11 is 0. The minimum absolute atomic E-state index is 0.139. The van der Waals surface area contributed by atoms with Gasteiger partial charge in [0.05, 0.1) is 32.3 Å². The number of halogens is 2. The lowest BCUT2D eigenvalue weighted by molar-refractivity contribution is -0.284. The zero-order valence-corrected chi connectivity index (χ0v) is 13.4. The van der Waals surface area contributed by atoms with E-state index in [1.807, 2.05) is 0 Å². The van der Waals surface area contributed by atoms with Crippen LogP contribution in [0, 0.1) is 17.8 Å². The van der Waals surface area contributed by atoms with Crippen molar-refractivity contribution in [2.24, 2.45) is 17.8 Å². The molecule has 1 saturated carbocycles. The van der Waals surface area contributed by atoms with Crippen LogP contribution in [0.5, 0.6) is 0 Å². The molecule has 0 N–H and O–H groups in total. The van der Waals surface area contributed by atoms with Crippen molar-refractivity contribution in [3.8, 4) is 0 Å². The van der Waals surface area contributed by atoms with E-state index in [0.29, 0.717) is 31.5 Å². The van der Waals surface area contributed by atoms with Crippen molar-refractivity contribution in [1.82, 2.24) is 0 Å². The van der Waals surface area contributed by atoms with Gasteiger partial charge in [0.1, 0.15) is 0 Å². The molecule has 6 heteroatoms. The number of ether oxygens (including phenoxy) is 4. The largest absolute Gasteiger partial charge is 0.352 e. The molecule has 2 saturated heterocycles. The van der Waals surface area contributed by atoms with E-state index in [1.54, 1.807) is 0 Å². The van der Waals surface area contributed by atoms with Gasteiger partial charge in [0.25, 0.3) is 6.08 Å². The Balaban J connectivity index is 1.38. The zero-order chi connectivity index (χ0) is 16.1. The van der Waals surface area contributed by atoms with Crippen LogP contribution in [0.2, 0.25) is 0 Å². The lowest BCUT2D eigenvalue weighted by Crippen LogP contribution is -2.45. The highest BCUT2D eigenvalue weighted by atomic mass is 19.3. The Morgan fingerprint density at radius 2 is 1.43 bits per heavy atom. The molecule has 0 atom stereocenters. The summed E-state index contributed by atoms with van der Waals surface area (Å²) < 4.78 is 47.3. The summed E-state index contributed by atoms with van der Waals surface area (Å²) in [5, 5.41) is 0. The van der Waals surface area contributed by atoms with Crippen LogP contribution in [0.4, 0.5) is 8.78 Å². The summed E-state index contributed by atoms with van der Waals surface area (Å²) in [6.45, 7) is 2.68. The summed E-state index contributed by atoms with van der Waals surface area (Å²) in [7, 11) is 0. The molecule has 0 bridgehead atoms. The third-order valence-corrected chi connectivity index (χ3v) is 5.07. The van der Waals surface area contributed by atoms with Gasteiger partial charge in [-0.1, -0.05) is 0 Å². The van der Waals surface area contributed by atoms with Gasteiger partial charge in [0.15, 0.2) is 12.6 Å². The van der Waals surface area contributed by atoms with Gasteiger partial charge in [-0.25, -0.2) is 0 Å². The van der Waals surface area contributed by atoms with E-state index < -0.39 is 6.08 Å². The first-order chi connectivity index (χ1) is 11.2. The number of hydrogen-bond donors (Lipinski definition) is 0. The lowest BCUT2D eigenvalue weighted by Gasteiger charge is -2.39. The summed E-state index contributed by atoms with van der Waals surface area (Å²) in [6, 6.07) is 0. The second kappa shape index (κ2) is 8.51. The molecule has 3 rings (SSSR count). The third-order valence-electron chi connectivity index (χ3n) is 5.07. The van der Waals surface area contributed by atoms with Crippen LogP contribution in [0.1, 0.15) is 38.5 Å². The average Bonchev–Trinajstić information content (AvgIpc) is 2.61. The van der Waals surface area contributed by atoms with Crippen LogP contribution < -0.4 is 0 Å². The third kappa shape index (κ3) is 4.95. The molecule has 0 aromatic carbocycles. The molecule has 3 fully saturated rings. The molecule has 1 aliphatic carbocycles. The molecular formula is C17H26F2O4. The molecule has 2 heterocycles. The number of hydrogen-bond acceptors (Lipinski definition) is 4. The van der Waals surface area contributed by atoms with Crippen LogP contribution in [0.15, 0.2) is 12.2 Å². The van der Waals surface area contributed by atoms with Gasteiger partial charge in [-0.05, 0) is 50.5 Å². The predicted molar refractivity (Wildman–Crippen MR) is 79.9 cm³/mol. The lowest BCUT2D eigenvalue weighted by atomic mass is 9.80. The van der Waals surface area contributed by atoms with Gasteiger partial charge in [0.2, 0.25) is 0 Å². The van der Waals surface area contributed by atoms with Crippen LogP contribution in [0.3, 0.4) is 0 Å². The predicted octanol–water partition coefficient (Wildman–Crippen LogP) is 3.72. The van der Waals surface area contributed by atoms with E-state index >= 15 is 0 Å². The normalized spacial score (nSPS) is 36.6. The van der Waals surface area contributed by atoms with Crippen molar-refractivity contribution in [3.05, 3.63) is 12.2 Å². The monoisotopic (exact) mass is 332 g/mol. The quantitative estimate of drug-likeness (QED) is 0.786. The van der Waals surface area contributed by atoms with Crippen LogP contribution in [-0.4, -0.2) is 39.0 Å². The SMILES string of the molecule is FC(F)=CCC1CCC(C2OCC(C3OCCCO3)CO2)CC1. The fraction of sp³-hybridized carbons (Fsp3) is 0.882. The molecule has 132 valence electrons. The summed E-state index contributed by atoms with van der Waals surface area (Å²) in [5.41, 5.74) is 0. The Morgan fingerprint density at radius 3 is 2.04 bits per heavy atom. The molecule has 0 radical (unpaired) electrons. The first-order valence-electron chi connectivity index (χ1n) is 8.70. The van der Waals surface area contributed by atoms with Gasteiger partial charge in [0, 0.05) is 5.92 Å². The van der Waals surface area contributed by atoms with E-state index in [2.05, 4.69) is 0 Å². The van der Waals surface area contributed by atoms with Gasteiger partial charge in [-0.2, -0.15) is 8.78 Å². The minimum Gasteiger partial charge on any atom is -0.352 e. The van der Waals surface area contributed by atoms with Gasteiger partial charge < -0.3 is 18.9 Å². The molecular weight excluding hydrogens is 306 g/mol. The number of allylic oxidation sites excluding steroid dienone is 1. The number of rotatable bonds is 4. The smallest absolute Gasteiger partial charge is 0.266 e. The van der Waals surface area contributed by atoms with Crippen molar-refractivity contribution < 1.29 is 27.7 Å². The maximum atomic E-state index is 12.1. The highest BCUT2D eigenvalue weighted by molar-refractivity contribution is 4.86. The Bertz CT molecular complexity index is 378. The Morgan fingerprint density at radius 1 is 0.826 bits per heavy atom. The molecule has 0 aromatic rings. The van der Waals surface area contributed by atoms with Crippen molar-refractivity contribution in [3.63, 3.8) is 0 Å². The maximum absolute atomic E-state index is 12.1. The van der Waals surface area contributed by atoms with Crippen LogP contribution in [0.25, 0.3) is 0 Å². The van der Waals surface area contributed by atoms with Crippen molar-refractivity contribution >= 4 is 0 Å². The van der Waals surface area contributed by atoms with E-state index in [4.69, 9.17) is 18.9 Å². The van der Waals surface area contributed by atoms with Crippen molar-refractivity contribution in [2.75, 3.05) is 26.4 Å². The maximum Gasteiger partial charge on any atom is 0.266 e. The van der Waals surface area contributed by atoms with Crippen LogP contribution in [-0.2, 0) is 18.9 Å². The molecule has 2 aliphatic heterocycles. The summed E-state index contributed by atoms with van der Waals surface area (Å²) in [6.07, 6.45) is 4.45. The first kappa shape index (κ1) is 17.3. The highest BCUT2D eigenvalue weighted by Crippen LogP contribution is 2.36. The molecule has 23 heavy (non-hydrogen) atoms. The van der Waals surface area contributed by atoms with Gasteiger partial charge >= 0.3 is 0 Å².